The molecule has 0 aliphatic rings. The number of rotatable bonds is 6. The molecule has 4 aromatic rings. The third-order valence-electron chi connectivity index (χ3n) is 4.58. The van der Waals surface area contributed by atoms with Gasteiger partial charge in [0.05, 0.1) is 10.5 Å². The van der Waals surface area contributed by atoms with Crippen LogP contribution < -0.4 is 10.6 Å². The van der Waals surface area contributed by atoms with Crippen molar-refractivity contribution >= 4 is 45.8 Å². The van der Waals surface area contributed by atoms with Gasteiger partial charge < -0.3 is 10.6 Å². The molecule has 0 atom stereocenters. The van der Waals surface area contributed by atoms with Crippen LogP contribution in [0.3, 0.4) is 0 Å². The second-order valence-corrected chi connectivity index (χ2v) is 7.57. The zero-order valence-electron chi connectivity index (χ0n) is 16.2. The quantitative estimate of drug-likeness (QED) is 0.373. The third kappa shape index (κ3) is 4.93. The van der Waals surface area contributed by atoms with E-state index >= 15 is 0 Å². The number of hydrogen-bond donors (Lipinski definition) is 2. The number of carbonyl (C=O) groups excluding carboxylic acids is 1. The highest BCUT2D eigenvalue weighted by Crippen LogP contribution is 2.30. The number of nitrogens with zero attached hydrogens (tertiary/aromatic N) is 2. The molecule has 31 heavy (non-hydrogen) atoms. The summed E-state index contributed by atoms with van der Waals surface area (Å²) in [6, 6.07) is 18.1. The molecule has 0 unspecified atom stereocenters. The molecule has 3 aromatic carbocycles. The molecular weight excluding hydrogens is 438 g/mol. The molecule has 0 fully saturated rings. The Balaban J connectivity index is 1.53. The lowest BCUT2D eigenvalue weighted by Gasteiger charge is -2.12. The predicted octanol–water partition coefficient (Wildman–Crippen LogP) is 5.58. The number of amides is 1. The molecule has 5 nitrogen and oxygen atoms in total. The fraction of sp³-hybridized carbons (Fsp3) is 0.0870. The average molecular weight is 455 g/mol. The highest BCUT2D eigenvalue weighted by Gasteiger charge is 2.12. The Kier molecular flexibility index (Phi) is 6.30. The van der Waals surface area contributed by atoms with E-state index in [0.717, 1.165) is 5.39 Å². The van der Waals surface area contributed by atoms with E-state index in [1.54, 1.807) is 18.2 Å². The van der Waals surface area contributed by atoms with Crippen LogP contribution in [-0.4, -0.2) is 29.0 Å². The van der Waals surface area contributed by atoms with Gasteiger partial charge in [-0.2, -0.15) is 0 Å². The van der Waals surface area contributed by atoms with E-state index in [0.29, 0.717) is 51.4 Å². The van der Waals surface area contributed by atoms with Crippen LogP contribution in [0.2, 0.25) is 10.0 Å². The molecule has 4 rings (SSSR count). The zero-order chi connectivity index (χ0) is 21.8. The minimum atomic E-state index is -0.386. The Morgan fingerprint density at radius 3 is 2.48 bits per heavy atom. The summed E-state index contributed by atoms with van der Waals surface area (Å²) in [5.41, 5.74) is 1.78. The number of nitrogens with one attached hydrogen (secondary N) is 2. The Morgan fingerprint density at radius 1 is 0.935 bits per heavy atom. The molecule has 0 aliphatic heterocycles. The van der Waals surface area contributed by atoms with Gasteiger partial charge in [0.25, 0.3) is 5.91 Å². The molecule has 8 heteroatoms. The number of halogens is 3. The maximum Gasteiger partial charge on any atom is 0.251 e. The summed E-state index contributed by atoms with van der Waals surface area (Å²) in [6.45, 7) is 0.764. The first-order chi connectivity index (χ1) is 15.0. The smallest absolute Gasteiger partial charge is 0.251 e. The number of fused-ring (bicyclic) bond motifs is 1. The van der Waals surface area contributed by atoms with Gasteiger partial charge in [-0.25, -0.2) is 14.4 Å². The Bertz CT molecular complexity index is 1250. The van der Waals surface area contributed by atoms with Crippen LogP contribution in [0, 0.1) is 5.82 Å². The topological polar surface area (TPSA) is 66.9 Å². The van der Waals surface area contributed by atoms with Crippen molar-refractivity contribution in [1.29, 1.82) is 0 Å². The molecule has 156 valence electrons. The molecule has 0 radical (unpaired) electrons. The summed E-state index contributed by atoms with van der Waals surface area (Å²) in [5.74, 6) is 0.409. The van der Waals surface area contributed by atoms with Gasteiger partial charge in [0.2, 0.25) is 0 Å². The van der Waals surface area contributed by atoms with E-state index < -0.39 is 0 Å². The number of carbonyl (C=O) groups is 1. The van der Waals surface area contributed by atoms with Crippen LogP contribution in [0.25, 0.3) is 22.3 Å². The van der Waals surface area contributed by atoms with Crippen molar-refractivity contribution in [2.75, 3.05) is 18.4 Å². The predicted molar refractivity (Wildman–Crippen MR) is 122 cm³/mol. The normalized spacial score (nSPS) is 10.8. The van der Waals surface area contributed by atoms with Gasteiger partial charge in [-0.1, -0.05) is 35.3 Å². The third-order valence-corrected chi connectivity index (χ3v) is 5.15. The second-order valence-electron chi connectivity index (χ2n) is 6.73. The number of hydrogen-bond acceptors (Lipinski definition) is 4. The Hall–Kier alpha value is -3.22. The van der Waals surface area contributed by atoms with Crippen molar-refractivity contribution in [3.05, 3.63) is 88.2 Å². The first-order valence-electron chi connectivity index (χ1n) is 9.51. The van der Waals surface area contributed by atoms with Crippen molar-refractivity contribution in [3.8, 4) is 11.4 Å². The maximum absolute atomic E-state index is 13.0. The maximum atomic E-state index is 13.0. The molecule has 2 N–H and O–H groups in total. The van der Waals surface area contributed by atoms with E-state index in [1.807, 2.05) is 24.3 Å². The highest BCUT2D eigenvalue weighted by atomic mass is 35.5. The number of anilines is 1. The van der Waals surface area contributed by atoms with Crippen molar-refractivity contribution in [1.82, 2.24) is 15.3 Å². The summed E-state index contributed by atoms with van der Waals surface area (Å²) in [6.07, 6.45) is 0. The first-order valence-corrected chi connectivity index (χ1v) is 10.3. The Labute approximate surface area is 188 Å². The second kappa shape index (κ2) is 9.29. The van der Waals surface area contributed by atoms with E-state index in [9.17, 15) is 9.18 Å². The van der Waals surface area contributed by atoms with Gasteiger partial charge in [0, 0.05) is 34.6 Å². The van der Waals surface area contributed by atoms with Crippen molar-refractivity contribution < 1.29 is 9.18 Å². The summed E-state index contributed by atoms with van der Waals surface area (Å²) in [4.78, 5) is 21.4. The van der Waals surface area contributed by atoms with Crippen LogP contribution in [0.5, 0.6) is 0 Å². The molecule has 0 saturated heterocycles. The molecule has 0 aliphatic carbocycles. The van der Waals surface area contributed by atoms with Crippen molar-refractivity contribution in [2.45, 2.75) is 0 Å². The molecule has 0 bridgehead atoms. The van der Waals surface area contributed by atoms with Crippen LogP contribution >= 0.6 is 23.2 Å². The van der Waals surface area contributed by atoms with Crippen LogP contribution in [0.1, 0.15) is 10.4 Å². The fourth-order valence-corrected chi connectivity index (χ4v) is 3.45. The van der Waals surface area contributed by atoms with Crippen molar-refractivity contribution in [2.24, 2.45) is 0 Å². The number of benzene rings is 3. The highest BCUT2D eigenvalue weighted by molar-refractivity contribution is 6.33. The van der Waals surface area contributed by atoms with E-state index in [2.05, 4.69) is 20.6 Å². The van der Waals surface area contributed by atoms with Crippen LogP contribution in [0.15, 0.2) is 66.7 Å². The minimum absolute atomic E-state index is 0.280. The summed E-state index contributed by atoms with van der Waals surface area (Å²) in [5, 5.41) is 7.94. The van der Waals surface area contributed by atoms with Gasteiger partial charge >= 0.3 is 0 Å². The Morgan fingerprint density at radius 2 is 1.71 bits per heavy atom. The largest absolute Gasteiger partial charge is 0.368 e. The molecular formula is C23H17Cl2FN4O. The summed E-state index contributed by atoms with van der Waals surface area (Å²) in [7, 11) is 0. The molecule has 0 spiro atoms. The van der Waals surface area contributed by atoms with Gasteiger partial charge in [0.1, 0.15) is 11.6 Å². The summed E-state index contributed by atoms with van der Waals surface area (Å²) >= 11 is 12.5. The lowest BCUT2D eigenvalue weighted by molar-refractivity contribution is 0.0955. The lowest BCUT2D eigenvalue weighted by Crippen LogP contribution is -2.29. The average Bonchev–Trinajstić information content (AvgIpc) is 2.76. The van der Waals surface area contributed by atoms with Crippen LogP contribution in [0.4, 0.5) is 10.2 Å². The monoisotopic (exact) mass is 454 g/mol. The van der Waals surface area contributed by atoms with Gasteiger partial charge in [-0.15, -0.1) is 0 Å². The van der Waals surface area contributed by atoms with Crippen molar-refractivity contribution in [3.63, 3.8) is 0 Å². The molecule has 1 aromatic heterocycles. The number of aromatic nitrogens is 2. The van der Waals surface area contributed by atoms with E-state index in [4.69, 9.17) is 23.2 Å². The fourth-order valence-electron chi connectivity index (χ4n) is 3.06. The van der Waals surface area contributed by atoms with Crippen LogP contribution in [-0.2, 0) is 0 Å². The summed E-state index contributed by atoms with van der Waals surface area (Å²) < 4.78 is 13.0. The van der Waals surface area contributed by atoms with Gasteiger partial charge in [-0.05, 0) is 54.6 Å². The van der Waals surface area contributed by atoms with Gasteiger partial charge in [0.15, 0.2) is 5.82 Å². The van der Waals surface area contributed by atoms with E-state index in [-0.39, 0.29) is 11.7 Å². The minimum Gasteiger partial charge on any atom is -0.368 e. The first kappa shape index (κ1) is 21.0. The standard InChI is InChI=1S/C23H17Cl2FN4O/c24-15-7-10-18-20(13-15)29-22(17-3-1-2-4-19(17)25)30-21(18)27-11-12-28-23(31)14-5-8-16(26)9-6-14/h1-10,13H,11-12H2,(H,28,31)(H,27,29,30). The lowest BCUT2D eigenvalue weighted by atomic mass is 10.2. The van der Waals surface area contributed by atoms with Gasteiger partial charge in [-0.3, -0.25) is 4.79 Å². The van der Waals surface area contributed by atoms with E-state index in [1.165, 1.54) is 24.3 Å². The molecule has 1 heterocycles. The SMILES string of the molecule is O=C(NCCNc1nc(-c2ccccc2Cl)nc2cc(Cl)ccc12)c1ccc(F)cc1. The zero-order valence-corrected chi connectivity index (χ0v) is 17.7. The molecule has 1 amide bonds. The molecule has 0 saturated carbocycles.